The first-order valence-corrected chi connectivity index (χ1v) is 6.10. The molecule has 1 amide bonds. The molecule has 2 aromatic rings. The maximum Gasteiger partial charge on any atom is 0.417 e. The fraction of sp³-hybridized carbons (Fsp3) is 0. The van der Waals surface area contributed by atoms with Gasteiger partial charge in [0.2, 0.25) is 0 Å². The Kier molecular flexibility index (Phi) is 4.27. The van der Waals surface area contributed by atoms with Crippen molar-refractivity contribution in [3.8, 4) is 5.75 Å². The van der Waals surface area contributed by atoms with E-state index in [2.05, 4.69) is 5.32 Å². The summed E-state index contributed by atoms with van der Waals surface area (Å²) in [7, 11) is 0. The molecular weight excluding hydrogens is 279 g/mol. The molecule has 6 heteroatoms. The molecule has 0 aliphatic carbocycles. The molecule has 102 valence electrons. The van der Waals surface area contributed by atoms with Gasteiger partial charge in [0.05, 0.1) is 5.69 Å². The van der Waals surface area contributed by atoms with E-state index in [1.54, 1.807) is 30.3 Å². The Hall–Kier alpha value is -2.47. The number of anilines is 1. The number of nitrogens with two attached hydrogens (primary N) is 1. The number of hydrogen-bond acceptors (Lipinski definition) is 3. The first kappa shape index (κ1) is 14.0. The molecule has 0 heterocycles. The van der Waals surface area contributed by atoms with Crippen molar-refractivity contribution in [1.29, 1.82) is 0 Å². The molecular formula is C14H11FN2O2S. The quantitative estimate of drug-likeness (QED) is 0.853. The molecule has 2 aromatic carbocycles. The maximum absolute atomic E-state index is 13.7. The number of para-hydroxylation sites is 1. The van der Waals surface area contributed by atoms with Crippen LogP contribution in [0.15, 0.2) is 48.5 Å². The summed E-state index contributed by atoms with van der Waals surface area (Å²) < 4.78 is 18.7. The lowest BCUT2D eigenvalue weighted by molar-refractivity contribution is 0.215. The molecule has 0 saturated carbocycles. The molecule has 0 aromatic heterocycles. The number of carbonyl (C=O) groups is 1. The molecule has 20 heavy (non-hydrogen) atoms. The molecule has 0 aliphatic rings. The third-order valence-corrected chi connectivity index (χ3v) is 2.68. The van der Waals surface area contributed by atoms with E-state index in [4.69, 9.17) is 22.7 Å². The van der Waals surface area contributed by atoms with Crippen molar-refractivity contribution in [1.82, 2.24) is 0 Å². The van der Waals surface area contributed by atoms with Crippen molar-refractivity contribution in [3.05, 3.63) is 59.9 Å². The molecule has 4 nitrogen and oxygen atoms in total. The Morgan fingerprint density at radius 1 is 1.20 bits per heavy atom. The largest absolute Gasteiger partial charge is 0.417 e. The number of rotatable bonds is 3. The minimum absolute atomic E-state index is 0.00840. The van der Waals surface area contributed by atoms with E-state index < -0.39 is 11.9 Å². The molecule has 0 aliphatic heterocycles. The molecule has 0 atom stereocenters. The van der Waals surface area contributed by atoms with E-state index in [0.29, 0.717) is 11.3 Å². The predicted molar refractivity (Wildman–Crippen MR) is 78.4 cm³/mol. The summed E-state index contributed by atoms with van der Waals surface area (Å²) >= 11 is 4.74. The van der Waals surface area contributed by atoms with Crippen LogP contribution in [0.5, 0.6) is 5.75 Å². The molecule has 3 N–H and O–H groups in total. The van der Waals surface area contributed by atoms with Gasteiger partial charge in [0.15, 0.2) is 0 Å². The number of carbonyl (C=O) groups excluding carboxylic acids is 1. The summed E-state index contributed by atoms with van der Waals surface area (Å²) in [5.74, 6) is -0.273. The highest BCUT2D eigenvalue weighted by molar-refractivity contribution is 7.80. The number of ether oxygens (including phenoxy) is 1. The van der Waals surface area contributed by atoms with Crippen molar-refractivity contribution >= 4 is 29.0 Å². The lowest BCUT2D eigenvalue weighted by Gasteiger charge is -2.08. The number of halogens is 1. The molecule has 0 saturated heterocycles. The fourth-order valence-corrected chi connectivity index (χ4v) is 1.63. The molecule has 0 fully saturated rings. The summed E-state index contributed by atoms with van der Waals surface area (Å²) in [6.45, 7) is 0. The molecule has 2 rings (SSSR count). The maximum atomic E-state index is 13.7. The minimum Gasteiger partial charge on any atom is -0.410 e. The predicted octanol–water partition coefficient (Wildman–Crippen LogP) is 3.07. The van der Waals surface area contributed by atoms with E-state index in [1.807, 2.05) is 0 Å². The Balaban J connectivity index is 2.06. The van der Waals surface area contributed by atoms with E-state index in [-0.39, 0.29) is 10.7 Å². The molecule has 0 spiro atoms. The SMILES string of the molecule is NC(=S)c1ccc(NC(=O)Oc2ccccc2)c(F)c1. The third-order valence-electron chi connectivity index (χ3n) is 2.44. The van der Waals surface area contributed by atoms with Crippen LogP contribution in [0.1, 0.15) is 5.56 Å². The zero-order valence-corrected chi connectivity index (χ0v) is 11.1. The van der Waals surface area contributed by atoms with Crippen LogP contribution < -0.4 is 15.8 Å². The van der Waals surface area contributed by atoms with Crippen molar-refractivity contribution in [2.45, 2.75) is 0 Å². The van der Waals surface area contributed by atoms with Crippen LogP contribution in [0.3, 0.4) is 0 Å². The van der Waals surface area contributed by atoms with Crippen molar-refractivity contribution in [2.24, 2.45) is 5.73 Å². The van der Waals surface area contributed by atoms with Crippen LogP contribution in [0.2, 0.25) is 0 Å². The van der Waals surface area contributed by atoms with Gasteiger partial charge in [-0.3, -0.25) is 5.32 Å². The molecule has 0 radical (unpaired) electrons. The topological polar surface area (TPSA) is 64.3 Å². The standard InChI is InChI=1S/C14H11FN2O2S/c15-11-8-9(13(16)20)6-7-12(11)17-14(18)19-10-4-2-1-3-5-10/h1-8H,(H2,16,20)(H,17,18). The summed E-state index contributed by atoms with van der Waals surface area (Å²) in [6, 6.07) is 12.5. The van der Waals surface area contributed by atoms with E-state index >= 15 is 0 Å². The first-order valence-electron chi connectivity index (χ1n) is 5.69. The second kappa shape index (κ2) is 6.12. The zero-order valence-electron chi connectivity index (χ0n) is 10.3. The number of nitrogens with one attached hydrogen (secondary N) is 1. The zero-order chi connectivity index (χ0) is 14.5. The van der Waals surface area contributed by atoms with E-state index in [1.165, 1.54) is 12.1 Å². The molecule has 0 bridgehead atoms. The highest BCUT2D eigenvalue weighted by atomic mass is 32.1. The normalized spacial score (nSPS) is 9.85. The summed E-state index contributed by atoms with van der Waals surface area (Å²) in [4.78, 5) is 11.7. The second-order valence-electron chi connectivity index (χ2n) is 3.89. The highest BCUT2D eigenvalue weighted by Gasteiger charge is 2.10. The average Bonchev–Trinajstić information content (AvgIpc) is 2.42. The van der Waals surface area contributed by atoms with Gasteiger partial charge in [-0.1, -0.05) is 30.4 Å². The average molecular weight is 290 g/mol. The summed E-state index contributed by atoms with van der Waals surface area (Å²) in [5.41, 5.74) is 5.77. The third kappa shape index (κ3) is 3.52. The van der Waals surface area contributed by atoms with Crippen molar-refractivity contribution < 1.29 is 13.9 Å². The number of hydrogen-bond donors (Lipinski definition) is 2. The molecule has 0 unspecified atom stereocenters. The van der Waals surface area contributed by atoms with Gasteiger partial charge >= 0.3 is 6.09 Å². The lowest BCUT2D eigenvalue weighted by atomic mass is 10.2. The minimum atomic E-state index is -0.779. The Morgan fingerprint density at radius 2 is 1.90 bits per heavy atom. The summed E-state index contributed by atoms with van der Waals surface area (Å²) in [5, 5.41) is 2.30. The van der Waals surface area contributed by atoms with Gasteiger partial charge in [0.25, 0.3) is 0 Å². The van der Waals surface area contributed by atoms with Gasteiger partial charge < -0.3 is 10.5 Å². The van der Waals surface area contributed by atoms with Crippen LogP contribution in [0.25, 0.3) is 0 Å². The van der Waals surface area contributed by atoms with Crippen molar-refractivity contribution in [3.63, 3.8) is 0 Å². The number of amides is 1. The Labute approximate surface area is 120 Å². The van der Waals surface area contributed by atoms with Gasteiger partial charge in [-0.25, -0.2) is 9.18 Å². The van der Waals surface area contributed by atoms with Crippen molar-refractivity contribution in [2.75, 3.05) is 5.32 Å². The van der Waals surface area contributed by atoms with Crippen LogP contribution in [-0.4, -0.2) is 11.1 Å². The van der Waals surface area contributed by atoms with Gasteiger partial charge in [-0.05, 0) is 30.3 Å². The Bertz CT molecular complexity index is 647. The van der Waals surface area contributed by atoms with Gasteiger partial charge in [0, 0.05) is 5.56 Å². The second-order valence-corrected chi connectivity index (χ2v) is 4.33. The van der Waals surface area contributed by atoms with Gasteiger partial charge in [-0.2, -0.15) is 0 Å². The number of benzene rings is 2. The van der Waals surface area contributed by atoms with Crippen LogP contribution in [0, 0.1) is 5.82 Å². The van der Waals surface area contributed by atoms with E-state index in [9.17, 15) is 9.18 Å². The van der Waals surface area contributed by atoms with Crippen LogP contribution in [0.4, 0.5) is 14.9 Å². The Morgan fingerprint density at radius 3 is 2.50 bits per heavy atom. The van der Waals surface area contributed by atoms with Gasteiger partial charge in [-0.15, -0.1) is 0 Å². The summed E-state index contributed by atoms with van der Waals surface area (Å²) in [6.07, 6.45) is -0.779. The highest BCUT2D eigenvalue weighted by Crippen LogP contribution is 2.17. The monoisotopic (exact) mass is 290 g/mol. The van der Waals surface area contributed by atoms with E-state index in [0.717, 1.165) is 6.07 Å². The van der Waals surface area contributed by atoms with Crippen LogP contribution >= 0.6 is 12.2 Å². The smallest absolute Gasteiger partial charge is 0.410 e. The fourth-order valence-electron chi connectivity index (χ4n) is 1.50. The van der Waals surface area contributed by atoms with Crippen LogP contribution in [-0.2, 0) is 0 Å². The lowest BCUT2D eigenvalue weighted by Crippen LogP contribution is -2.18. The van der Waals surface area contributed by atoms with Gasteiger partial charge in [0.1, 0.15) is 16.6 Å². The number of thiocarbonyl (C=S) groups is 1. The first-order chi connectivity index (χ1) is 9.56.